The van der Waals surface area contributed by atoms with Crippen LogP contribution in [-0.4, -0.2) is 17.5 Å². The summed E-state index contributed by atoms with van der Waals surface area (Å²) in [4.78, 5) is 21.7. The largest absolute Gasteiger partial charge is 0.462 e. The van der Waals surface area contributed by atoms with Crippen LogP contribution in [0.15, 0.2) is 17.0 Å². The molecule has 0 N–H and O–H groups in total. The maximum atomic E-state index is 11.5. The summed E-state index contributed by atoms with van der Waals surface area (Å²) >= 11 is 3.97. The van der Waals surface area contributed by atoms with E-state index in [9.17, 15) is 14.9 Å². The van der Waals surface area contributed by atoms with Gasteiger partial charge in [-0.15, -0.1) is 12.6 Å². The van der Waals surface area contributed by atoms with E-state index in [4.69, 9.17) is 5.26 Å². The lowest BCUT2D eigenvalue weighted by Gasteiger charge is -2.04. The molecule has 0 aliphatic heterocycles. The Labute approximate surface area is 102 Å². The molecule has 1 aromatic carbocycles. The lowest BCUT2D eigenvalue weighted by Crippen LogP contribution is -2.08. The molecule has 0 unspecified atom stereocenters. The third-order valence-electron chi connectivity index (χ3n) is 1.93. The molecule has 1 rings (SSSR count). The van der Waals surface area contributed by atoms with Gasteiger partial charge in [0.25, 0.3) is 5.69 Å². The van der Waals surface area contributed by atoms with Crippen LogP contribution < -0.4 is 0 Å². The van der Waals surface area contributed by atoms with Crippen LogP contribution >= 0.6 is 12.6 Å². The Morgan fingerprint density at radius 2 is 2.29 bits per heavy atom. The van der Waals surface area contributed by atoms with E-state index in [-0.39, 0.29) is 22.6 Å². The zero-order valence-corrected chi connectivity index (χ0v) is 9.73. The predicted molar refractivity (Wildman–Crippen MR) is 61.0 cm³/mol. The number of hydrogen-bond acceptors (Lipinski definition) is 6. The number of nitro benzene ring substituents is 1. The second-order valence-corrected chi connectivity index (χ2v) is 3.46. The molecule has 1 aromatic rings. The minimum absolute atomic E-state index is 0.0353. The van der Waals surface area contributed by atoms with Gasteiger partial charge in [-0.1, -0.05) is 0 Å². The van der Waals surface area contributed by atoms with Gasteiger partial charge in [-0.3, -0.25) is 10.1 Å². The van der Waals surface area contributed by atoms with Crippen LogP contribution in [0.3, 0.4) is 0 Å². The highest BCUT2D eigenvalue weighted by atomic mass is 32.1. The fraction of sp³-hybridized carbons (Fsp3) is 0.200. The summed E-state index contributed by atoms with van der Waals surface area (Å²) in [6.45, 7) is 1.70. The van der Waals surface area contributed by atoms with Gasteiger partial charge in [0.15, 0.2) is 0 Å². The van der Waals surface area contributed by atoms with Gasteiger partial charge in [-0.25, -0.2) is 4.79 Å². The van der Waals surface area contributed by atoms with E-state index < -0.39 is 16.6 Å². The fourth-order valence-electron chi connectivity index (χ4n) is 1.19. The van der Waals surface area contributed by atoms with Crippen molar-refractivity contribution in [2.75, 3.05) is 6.61 Å². The highest BCUT2D eigenvalue weighted by molar-refractivity contribution is 7.80. The van der Waals surface area contributed by atoms with E-state index >= 15 is 0 Å². The number of ether oxygens (including phenoxy) is 1. The highest BCUT2D eigenvalue weighted by Gasteiger charge is 2.23. The van der Waals surface area contributed by atoms with Crippen LogP contribution in [0.25, 0.3) is 0 Å². The number of carbonyl (C=O) groups is 1. The first-order chi connectivity index (χ1) is 8.01. The lowest BCUT2D eigenvalue weighted by molar-refractivity contribution is -0.385. The predicted octanol–water partition coefficient (Wildman–Crippen LogP) is 1.93. The van der Waals surface area contributed by atoms with Gasteiger partial charge in [-0.05, 0) is 13.0 Å². The van der Waals surface area contributed by atoms with Crippen molar-refractivity contribution in [3.63, 3.8) is 0 Å². The molecule has 0 saturated heterocycles. The number of carbonyl (C=O) groups excluding carboxylic acids is 1. The molecular formula is C10H8N2O4S. The number of benzene rings is 1. The molecule has 17 heavy (non-hydrogen) atoms. The molecular weight excluding hydrogens is 244 g/mol. The van der Waals surface area contributed by atoms with Gasteiger partial charge in [0, 0.05) is 11.0 Å². The van der Waals surface area contributed by atoms with E-state index in [1.54, 1.807) is 13.0 Å². The number of rotatable bonds is 3. The average Bonchev–Trinajstić information content (AvgIpc) is 2.28. The third-order valence-corrected chi connectivity index (χ3v) is 2.30. The Kier molecular flexibility index (Phi) is 4.06. The highest BCUT2D eigenvalue weighted by Crippen LogP contribution is 2.26. The topological polar surface area (TPSA) is 93.2 Å². The van der Waals surface area contributed by atoms with Crippen LogP contribution in [-0.2, 0) is 4.74 Å². The third kappa shape index (κ3) is 2.73. The van der Waals surface area contributed by atoms with Gasteiger partial charge in [-0.2, -0.15) is 5.26 Å². The Bertz CT molecular complexity index is 522. The Balaban J connectivity index is 3.39. The van der Waals surface area contributed by atoms with Crippen molar-refractivity contribution in [1.82, 2.24) is 0 Å². The van der Waals surface area contributed by atoms with Gasteiger partial charge in [0.1, 0.15) is 11.6 Å². The van der Waals surface area contributed by atoms with Gasteiger partial charge >= 0.3 is 5.97 Å². The molecule has 0 radical (unpaired) electrons. The molecule has 7 heteroatoms. The maximum absolute atomic E-state index is 11.5. The summed E-state index contributed by atoms with van der Waals surface area (Å²) in [5, 5.41) is 19.5. The summed E-state index contributed by atoms with van der Waals surface area (Å²) in [6, 6.07) is 3.93. The monoisotopic (exact) mass is 252 g/mol. The molecule has 88 valence electrons. The van der Waals surface area contributed by atoms with Crippen molar-refractivity contribution in [3.8, 4) is 6.07 Å². The van der Waals surface area contributed by atoms with Gasteiger partial charge in [0.05, 0.1) is 17.1 Å². The zero-order chi connectivity index (χ0) is 13.0. The molecule has 0 aliphatic rings. The molecule has 6 nitrogen and oxygen atoms in total. The summed E-state index contributed by atoms with van der Waals surface area (Å²) in [5.41, 5.74) is -0.633. The average molecular weight is 252 g/mol. The standard InChI is InChI=1S/C10H8N2O4S/c1-2-16-10(13)7-4-9(17)6(5-11)3-8(7)12(14)15/h3-4,17H,2H2,1H3. The van der Waals surface area contributed by atoms with Crippen molar-refractivity contribution in [3.05, 3.63) is 33.4 Å². The Morgan fingerprint density at radius 3 is 2.76 bits per heavy atom. The summed E-state index contributed by atoms with van der Waals surface area (Å²) < 4.78 is 4.69. The molecule has 0 amide bonds. The lowest BCUT2D eigenvalue weighted by atomic mass is 10.1. The van der Waals surface area contributed by atoms with E-state index in [1.807, 2.05) is 0 Å². The first-order valence-electron chi connectivity index (χ1n) is 4.59. The van der Waals surface area contributed by atoms with Crippen LogP contribution in [0.4, 0.5) is 5.69 Å². The second-order valence-electron chi connectivity index (χ2n) is 2.98. The number of esters is 1. The van der Waals surface area contributed by atoms with Gasteiger partial charge < -0.3 is 4.74 Å². The molecule has 0 saturated carbocycles. The molecule has 0 aromatic heterocycles. The van der Waals surface area contributed by atoms with Crippen LogP contribution in [0.1, 0.15) is 22.8 Å². The minimum atomic E-state index is -0.806. The van der Waals surface area contributed by atoms with Crippen molar-refractivity contribution >= 4 is 24.3 Å². The van der Waals surface area contributed by atoms with Crippen LogP contribution in [0.5, 0.6) is 0 Å². The van der Waals surface area contributed by atoms with Gasteiger partial charge in [0.2, 0.25) is 0 Å². The minimum Gasteiger partial charge on any atom is -0.462 e. The van der Waals surface area contributed by atoms with Crippen LogP contribution in [0, 0.1) is 21.4 Å². The second kappa shape index (κ2) is 5.32. The number of thiol groups is 1. The Hall–Kier alpha value is -2.07. The molecule has 0 atom stereocenters. The first-order valence-corrected chi connectivity index (χ1v) is 5.04. The quantitative estimate of drug-likeness (QED) is 0.384. The normalized spacial score (nSPS) is 9.47. The van der Waals surface area contributed by atoms with E-state index in [2.05, 4.69) is 17.4 Å². The number of nitriles is 1. The first kappa shape index (κ1) is 13.0. The molecule has 0 fully saturated rings. The summed E-state index contributed by atoms with van der Waals surface area (Å²) in [7, 11) is 0. The number of nitrogens with zero attached hydrogens (tertiary/aromatic N) is 2. The van der Waals surface area contributed by atoms with Crippen molar-refractivity contribution in [2.45, 2.75) is 11.8 Å². The summed E-state index contributed by atoms with van der Waals surface area (Å²) in [6.07, 6.45) is 0. The fourth-order valence-corrected chi connectivity index (χ4v) is 1.43. The number of hydrogen-bond donors (Lipinski definition) is 1. The van der Waals surface area contributed by atoms with E-state index in [1.165, 1.54) is 0 Å². The van der Waals surface area contributed by atoms with Crippen molar-refractivity contribution < 1.29 is 14.5 Å². The molecule has 0 bridgehead atoms. The smallest absolute Gasteiger partial charge is 0.345 e. The van der Waals surface area contributed by atoms with Crippen LogP contribution in [0.2, 0.25) is 0 Å². The molecule has 0 heterocycles. The zero-order valence-electron chi connectivity index (χ0n) is 8.84. The SMILES string of the molecule is CCOC(=O)c1cc(S)c(C#N)cc1[N+](=O)[O-]. The molecule has 0 spiro atoms. The number of nitro groups is 1. The maximum Gasteiger partial charge on any atom is 0.345 e. The van der Waals surface area contributed by atoms with Crippen molar-refractivity contribution in [1.29, 1.82) is 5.26 Å². The van der Waals surface area contributed by atoms with Crippen molar-refractivity contribution in [2.24, 2.45) is 0 Å². The molecule has 0 aliphatic carbocycles. The van der Waals surface area contributed by atoms with E-state index in [0.29, 0.717) is 0 Å². The summed E-state index contributed by atoms with van der Waals surface area (Å²) in [5.74, 6) is -0.806. The Morgan fingerprint density at radius 1 is 1.65 bits per heavy atom. The van der Waals surface area contributed by atoms with E-state index in [0.717, 1.165) is 12.1 Å².